The van der Waals surface area contributed by atoms with Crippen molar-refractivity contribution in [2.45, 2.75) is 6.54 Å². The zero-order valence-corrected chi connectivity index (χ0v) is 10.1. The standard InChI is InChI=1S/C12H9FN4O3/c13-10-4-3-8(6-11(10)17(19)20)12(18)14-7-9-2-1-5-15-16-9/h1-6H,7H2,(H,14,18). The van der Waals surface area contributed by atoms with Crippen molar-refractivity contribution in [2.75, 3.05) is 0 Å². The Morgan fingerprint density at radius 1 is 1.40 bits per heavy atom. The van der Waals surface area contributed by atoms with Crippen molar-refractivity contribution in [1.82, 2.24) is 15.5 Å². The van der Waals surface area contributed by atoms with Gasteiger partial charge in [-0.05, 0) is 24.3 Å². The van der Waals surface area contributed by atoms with Crippen molar-refractivity contribution < 1.29 is 14.1 Å². The third-order valence-electron chi connectivity index (χ3n) is 2.46. The van der Waals surface area contributed by atoms with Crippen LogP contribution in [0.2, 0.25) is 0 Å². The van der Waals surface area contributed by atoms with Gasteiger partial charge in [0, 0.05) is 17.8 Å². The Morgan fingerprint density at radius 3 is 2.85 bits per heavy atom. The maximum absolute atomic E-state index is 13.1. The molecule has 0 saturated heterocycles. The van der Waals surface area contributed by atoms with Gasteiger partial charge in [0.15, 0.2) is 0 Å². The summed E-state index contributed by atoms with van der Waals surface area (Å²) < 4.78 is 13.1. The molecular formula is C12H9FN4O3. The van der Waals surface area contributed by atoms with E-state index in [9.17, 15) is 19.3 Å². The van der Waals surface area contributed by atoms with Crippen molar-refractivity contribution in [3.05, 3.63) is 63.7 Å². The molecule has 0 aliphatic carbocycles. The first-order valence-electron chi connectivity index (χ1n) is 5.56. The van der Waals surface area contributed by atoms with Crippen molar-refractivity contribution in [3.63, 3.8) is 0 Å². The zero-order chi connectivity index (χ0) is 14.5. The molecule has 0 radical (unpaired) electrons. The third kappa shape index (κ3) is 3.10. The summed E-state index contributed by atoms with van der Waals surface area (Å²) in [7, 11) is 0. The van der Waals surface area contributed by atoms with Crippen LogP contribution in [0.15, 0.2) is 36.5 Å². The molecule has 0 aliphatic rings. The Labute approximate surface area is 112 Å². The van der Waals surface area contributed by atoms with Crippen LogP contribution >= 0.6 is 0 Å². The maximum atomic E-state index is 13.1. The Hall–Kier alpha value is -2.90. The molecule has 7 nitrogen and oxygen atoms in total. The lowest BCUT2D eigenvalue weighted by Gasteiger charge is -2.04. The average molecular weight is 276 g/mol. The number of amides is 1. The number of nitrogens with one attached hydrogen (secondary N) is 1. The number of benzene rings is 1. The zero-order valence-electron chi connectivity index (χ0n) is 10.1. The minimum Gasteiger partial charge on any atom is -0.346 e. The van der Waals surface area contributed by atoms with Gasteiger partial charge in [0.25, 0.3) is 5.91 Å². The van der Waals surface area contributed by atoms with E-state index in [1.165, 1.54) is 12.3 Å². The second kappa shape index (κ2) is 5.83. The van der Waals surface area contributed by atoms with Gasteiger partial charge in [0.2, 0.25) is 5.82 Å². The highest BCUT2D eigenvalue weighted by Gasteiger charge is 2.17. The maximum Gasteiger partial charge on any atom is 0.305 e. The van der Waals surface area contributed by atoms with Gasteiger partial charge in [-0.2, -0.15) is 14.6 Å². The number of hydrogen-bond donors (Lipinski definition) is 1. The lowest BCUT2D eigenvalue weighted by Crippen LogP contribution is -2.23. The van der Waals surface area contributed by atoms with Crippen LogP contribution in [0.25, 0.3) is 0 Å². The first-order chi connectivity index (χ1) is 9.58. The summed E-state index contributed by atoms with van der Waals surface area (Å²) in [6.45, 7) is 0.123. The number of nitrogens with zero attached hydrogens (tertiary/aromatic N) is 3. The molecule has 0 bridgehead atoms. The predicted molar refractivity (Wildman–Crippen MR) is 66.3 cm³/mol. The van der Waals surface area contributed by atoms with Gasteiger partial charge < -0.3 is 5.32 Å². The summed E-state index contributed by atoms with van der Waals surface area (Å²) in [5.41, 5.74) is -0.198. The molecule has 1 amide bonds. The number of carbonyl (C=O) groups excluding carboxylic acids is 1. The second-order valence-corrected chi connectivity index (χ2v) is 3.82. The lowest BCUT2D eigenvalue weighted by atomic mass is 10.2. The number of halogens is 1. The van der Waals surface area contributed by atoms with E-state index in [-0.39, 0.29) is 12.1 Å². The Morgan fingerprint density at radius 2 is 2.20 bits per heavy atom. The van der Waals surface area contributed by atoms with Gasteiger partial charge in [-0.25, -0.2) is 0 Å². The number of carbonyl (C=O) groups is 1. The molecule has 1 N–H and O–H groups in total. The third-order valence-corrected chi connectivity index (χ3v) is 2.46. The van der Waals surface area contributed by atoms with Crippen molar-refractivity contribution >= 4 is 11.6 Å². The van der Waals surface area contributed by atoms with E-state index in [4.69, 9.17) is 0 Å². The number of aromatic nitrogens is 2. The summed E-state index contributed by atoms with van der Waals surface area (Å²) in [4.78, 5) is 21.5. The molecule has 2 aromatic rings. The van der Waals surface area contributed by atoms with Crippen LogP contribution in [-0.4, -0.2) is 21.0 Å². The normalized spacial score (nSPS) is 10.1. The minimum atomic E-state index is -0.986. The van der Waals surface area contributed by atoms with Crippen LogP contribution in [0.4, 0.5) is 10.1 Å². The Bertz CT molecular complexity index is 648. The quantitative estimate of drug-likeness (QED) is 0.673. The van der Waals surface area contributed by atoms with Crippen molar-refractivity contribution in [1.29, 1.82) is 0 Å². The molecule has 2 rings (SSSR count). The van der Waals surface area contributed by atoms with Crippen molar-refractivity contribution in [3.8, 4) is 0 Å². The average Bonchev–Trinajstić information content (AvgIpc) is 2.46. The van der Waals surface area contributed by atoms with Gasteiger partial charge >= 0.3 is 5.69 Å². The molecule has 102 valence electrons. The van der Waals surface area contributed by atoms with E-state index >= 15 is 0 Å². The van der Waals surface area contributed by atoms with Crippen LogP contribution < -0.4 is 5.32 Å². The molecule has 8 heteroatoms. The van der Waals surface area contributed by atoms with Gasteiger partial charge in [-0.3, -0.25) is 14.9 Å². The van der Waals surface area contributed by atoms with Crippen LogP contribution in [0.1, 0.15) is 16.1 Å². The van der Waals surface area contributed by atoms with E-state index in [2.05, 4.69) is 15.5 Å². The molecule has 0 fully saturated rings. The van der Waals surface area contributed by atoms with Crippen LogP contribution in [0.3, 0.4) is 0 Å². The molecule has 0 saturated carbocycles. The van der Waals surface area contributed by atoms with Crippen molar-refractivity contribution in [2.24, 2.45) is 0 Å². The molecule has 1 aromatic carbocycles. The van der Waals surface area contributed by atoms with Gasteiger partial charge in [-0.15, -0.1) is 0 Å². The number of nitro benzene ring substituents is 1. The van der Waals surface area contributed by atoms with Crippen LogP contribution in [0.5, 0.6) is 0 Å². The van der Waals surface area contributed by atoms with Crippen LogP contribution in [-0.2, 0) is 6.54 Å². The van der Waals surface area contributed by atoms with Gasteiger partial charge in [0.05, 0.1) is 17.2 Å². The lowest BCUT2D eigenvalue weighted by molar-refractivity contribution is -0.387. The highest BCUT2D eigenvalue weighted by Crippen LogP contribution is 2.18. The van der Waals surface area contributed by atoms with Gasteiger partial charge in [0.1, 0.15) is 0 Å². The molecule has 0 aliphatic heterocycles. The molecule has 0 spiro atoms. The Balaban J connectivity index is 2.10. The summed E-state index contributed by atoms with van der Waals surface area (Å²) in [5.74, 6) is -1.54. The molecular weight excluding hydrogens is 267 g/mol. The highest BCUT2D eigenvalue weighted by atomic mass is 19.1. The summed E-state index contributed by atoms with van der Waals surface area (Å²) >= 11 is 0. The highest BCUT2D eigenvalue weighted by molar-refractivity contribution is 5.94. The first-order valence-corrected chi connectivity index (χ1v) is 5.56. The van der Waals surface area contributed by atoms with Gasteiger partial charge in [-0.1, -0.05) is 0 Å². The second-order valence-electron chi connectivity index (χ2n) is 3.82. The molecule has 0 unspecified atom stereocenters. The van der Waals surface area contributed by atoms with Crippen LogP contribution in [0, 0.1) is 15.9 Å². The fraction of sp³-hybridized carbons (Fsp3) is 0.0833. The molecule has 1 heterocycles. The fourth-order valence-corrected chi connectivity index (χ4v) is 1.49. The van der Waals surface area contributed by atoms with E-state index in [1.807, 2.05) is 0 Å². The summed E-state index contributed by atoms with van der Waals surface area (Å²) in [6.07, 6.45) is 1.49. The molecule has 20 heavy (non-hydrogen) atoms. The number of nitro groups is 1. The predicted octanol–water partition coefficient (Wildman–Crippen LogP) is 1.45. The number of rotatable bonds is 4. The van der Waals surface area contributed by atoms with E-state index < -0.39 is 22.3 Å². The smallest absolute Gasteiger partial charge is 0.305 e. The molecule has 1 aromatic heterocycles. The summed E-state index contributed by atoms with van der Waals surface area (Å²) in [6, 6.07) is 6.28. The minimum absolute atomic E-state index is 0.00184. The van der Waals surface area contributed by atoms with E-state index in [0.29, 0.717) is 5.69 Å². The van der Waals surface area contributed by atoms with E-state index in [1.54, 1.807) is 12.1 Å². The number of hydrogen-bond acceptors (Lipinski definition) is 5. The largest absolute Gasteiger partial charge is 0.346 e. The Kier molecular flexibility index (Phi) is 3.94. The SMILES string of the molecule is O=C(NCc1cccnn1)c1ccc(F)c([N+](=O)[O-])c1. The first kappa shape index (κ1) is 13.5. The van der Waals surface area contributed by atoms with E-state index in [0.717, 1.165) is 12.1 Å². The topological polar surface area (TPSA) is 98.0 Å². The summed E-state index contributed by atoms with van der Waals surface area (Å²) in [5, 5.41) is 20.5. The fourth-order valence-electron chi connectivity index (χ4n) is 1.49. The molecule has 0 atom stereocenters. The monoisotopic (exact) mass is 276 g/mol.